The van der Waals surface area contributed by atoms with Crippen LogP contribution in [0.2, 0.25) is 0 Å². The maximum atomic E-state index is 13.6. The van der Waals surface area contributed by atoms with Crippen molar-refractivity contribution >= 4 is 38.2 Å². The molecule has 10 nitrogen and oxygen atoms in total. The van der Waals surface area contributed by atoms with Gasteiger partial charge in [-0.2, -0.15) is 13.2 Å². The van der Waals surface area contributed by atoms with Crippen LogP contribution in [0.5, 0.6) is 5.75 Å². The Bertz CT molecular complexity index is 1680. The average molecular weight is 603 g/mol. The van der Waals surface area contributed by atoms with Gasteiger partial charge in [0.25, 0.3) is 6.54 Å². The number of aromatic nitrogens is 1. The molecule has 0 radical (unpaired) electrons. The molecule has 2 heterocycles. The first-order valence-electron chi connectivity index (χ1n) is 12.9. The van der Waals surface area contributed by atoms with Crippen molar-refractivity contribution in [1.29, 1.82) is 0 Å². The Morgan fingerprint density at radius 3 is 2.57 bits per heavy atom. The second-order valence-electron chi connectivity index (χ2n) is 9.65. The van der Waals surface area contributed by atoms with Gasteiger partial charge in [-0.3, -0.25) is 4.79 Å². The topological polar surface area (TPSA) is 123 Å². The van der Waals surface area contributed by atoms with Crippen molar-refractivity contribution in [2.75, 3.05) is 43.9 Å². The number of halogens is 3. The lowest BCUT2D eigenvalue weighted by atomic mass is 10.0. The first-order valence-corrected chi connectivity index (χ1v) is 14.4. The molecule has 0 saturated carbocycles. The van der Waals surface area contributed by atoms with E-state index >= 15 is 0 Å². The number of nitrogens with zero attached hydrogens (tertiary/aromatic N) is 3. The summed E-state index contributed by atoms with van der Waals surface area (Å²) in [6.45, 7) is 6.51. The number of methoxy groups -OCH3 is 1. The maximum Gasteiger partial charge on any atom is 0.406 e. The third-order valence-electron chi connectivity index (χ3n) is 6.79. The first kappa shape index (κ1) is 30.6. The summed E-state index contributed by atoms with van der Waals surface area (Å²) in [7, 11) is -2.57. The molecule has 42 heavy (non-hydrogen) atoms. The number of hydrogen-bond donors (Lipinski definition) is 3. The van der Waals surface area contributed by atoms with E-state index < -0.39 is 22.7 Å². The Kier molecular flexibility index (Phi) is 9.19. The minimum absolute atomic E-state index is 0.00733. The van der Waals surface area contributed by atoms with E-state index in [1.165, 1.54) is 25.3 Å². The number of amides is 1. The number of hydrogen-bond acceptors (Lipinski definition) is 6. The molecule has 1 aromatic heterocycles. The highest BCUT2D eigenvalue weighted by Gasteiger charge is 2.30. The predicted molar refractivity (Wildman–Crippen MR) is 152 cm³/mol. The molecular formula is C28H29F3N6O4S. The Balaban J connectivity index is 1.55. The summed E-state index contributed by atoms with van der Waals surface area (Å²) in [6, 6.07) is 10.7. The number of ether oxygens (including phenoxy) is 1. The van der Waals surface area contributed by atoms with Crippen LogP contribution in [0.3, 0.4) is 0 Å². The van der Waals surface area contributed by atoms with Gasteiger partial charge in [0.05, 0.1) is 35.4 Å². The number of piperidine rings is 1. The number of alkyl halides is 3. The summed E-state index contributed by atoms with van der Waals surface area (Å²) < 4.78 is 70.2. The van der Waals surface area contributed by atoms with Crippen molar-refractivity contribution in [3.63, 3.8) is 0 Å². The van der Waals surface area contributed by atoms with Gasteiger partial charge in [0.1, 0.15) is 12.3 Å². The first-order chi connectivity index (χ1) is 19.9. The number of sulfonamides is 1. The molecule has 3 aromatic rings. The van der Waals surface area contributed by atoms with Crippen LogP contribution in [-0.4, -0.2) is 69.3 Å². The Morgan fingerprint density at radius 1 is 1.19 bits per heavy atom. The number of anilines is 2. The second kappa shape index (κ2) is 12.6. The number of nitrogens with one attached hydrogen (secondary N) is 2. The molecule has 0 unspecified atom stereocenters. The minimum Gasteiger partial charge on any atom is -0.495 e. The van der Waals surface area contributed by atoms with Crippen molar-refractivity contribution < 1.29 is 31.1 Å². The summed E-state index contributed by atoms with van der Waals surface area (Å²) >= 11 is 0. The van der Waals surface area contributed by atoms with Crippen LogP contribution < -0.4 is 20.5 Å². The van der Waals surface area contributed by atoms with E-state index in [1.54, 1.807) is 29.2 Å². The van der Waals surface area contributed by atoms with Crippen LogP contribution in [0, 0.1) is 18.4 Å². The molecule has 1 fully saturated rings. The molecule has 4 N–H and O–H groups in total. The Morgan fingerprint density at radius 2 is 1.93 bits per heavy atom. The maximum absolute atomic E-state index is 13.6. The Hall–Kier alpha value is -4.40. The van der Waals surface area contributed by atoms with E-state index in [4.69, 9.17) is 16.4 Å². The van der Waals surface area contributed by atoms with E-state index in [1.807, 2.05) is 0 Å². The SMILES string of the molecule is [C-]#[N+]CC(=O)N1CCC(Nc2cccc3c2cc(C#CCNc2ccc(S(N)(=O)=O)cc2OC)n3CC(F)(F)F)CC1. The quantitative estimate of drug-likeness (QED) is 0.267. The molecule has 0 bridgehead atoms. The van der Waals surface area contributed by atoms with Gasteiger partial charge in [-0.15, -0.1) is 0 Å². The van der Waals surface area contributed by atoms with Crippen molar-refractivity contribution in [2.45, 2.75) is 36.5 Å². The Labute approximate surface area is 241 Å². The number of carbonyl (C=O) groups excluding carboxylic acids is 1. The summed E-state index contributed by atoms with van der Waals surface area (Å²) in [5.41, 5.74) is 1.65. The highest BCUT2D eigenvalue weighted by Crippen LogP contribution is 2.31. The number of carbonyl (C=O) groups is 1. The number of nitrogens with two attached hydrogens (primary N) is 1. The fourth-order valence-corrected chi connectivity index (χ4v) is 5.32. The highest BCUT2D eigenvalue weighted by molar-refractivity contribution is 7.89. The van der Waals surface area contributed by atoms with Crippen molar-refractivity contribution in [1.82, 2.24) is 9.47 Å². The molecule has 1 amide bonds. The van der Waals surface area contributed by atoms with E-state index in [9.17, 15) is 26.4 Å². The summed E-state index contributed by atoms with van der Waals surface area (Å²) in [4.78, 5) is 16.7. The monoisotopic (exact) mass is 602 g/mol. The van der Waals surface area contributed by atoms with Crippen molar-refractivity contribution in [3.05, 3.63) is 59.6 Å². The van der Waals surface area contributed by atoms with Crippen LogP contribution >= 0.6 is 0 Å². The van der Waals surface area contributed by atoms with E-state index in [0.717, 1.165) is 4.57 Å². The third-order valence-corrected chi connectivity index (χ3v) is 7.70. The lowest BCUT2D eigenvalue weighted by Crippen LogP contribution is -2.43. The molecule has 1 aliphatic rings. The van der Waals surface area contributed by atoms with Gasteiger partial charge in [0.2, 0.25) is 10.0 Å². The number of rotatable bonds is 8. The van der Waals surface area contributed by atoms with Gasteiger partial charge in [-0.25, -0.2) is 20.1 Å². The number of benzene rings is 2. The van der Waals surface area contributed by atoms with Gasteiger partial charge in [0.15, 0.2) is 0 Å². The molecule has 1 saturated heterocycles. The molecular weight excluding hydrogens is 573 g/mol. The predicted octanol–water partition coefficient (Wildman–Crippen LogP) is 3.65. The second-order valence-corrected chi connectivity index (χ2v) is 11.2. The molecule has 0 atom stereocenters. The summed E-state index contributed by atoms with van der Waals surface area (Å²) in [6.07, 6.45) is -3.19. The van der Waals surface area contributed by atoms with Gasteiger partial charge in [0, 0.05) is 36.3 Å². The number of primary sulfonamides is 1. The van der Waals surface area contributed by atoms with E-state index in [0.29, 0.717) is 48.2 Å². The highest BCUT2D eigenvalue weighted by atomic mass is 32.2. The zero-order valence-electron chi connectivity index (χ0n) is 22.7. The number of fused-ring (bicyclic) bond motifs is 1. The van der Waals surface area contributed by atoms with Crippen LogP contribution in [-0.2, 0) is 21.4 Å². The smallest absolute Gasteiger partial charge is 0.406 e. The lowest BCUT2D eigenvalue weighted by molar-refractivity contribution is -0.140. The zero-order valence-corrected chi connectivity index (χ0v) is 23.5. The molecule has 4 rings (SSSR count). The molecule has 14 heteroatoms. The summed E-state index contributed by atoms with van der Waals surface area (Å²) in [5, 5.41) is 12.1. The third kappa shape index (κ3) is 7.46. The average Bonchev–Trinajstić information content (AvgIpc) is 3.27. The molecule has 0 spiro atoms. The standard InChI is InChI=1S/C28H29F3N6O4S/c1-33-17-27(38)36-13-10-19(11-14-36)35-23-6-3-7-25-22(23)15-20(37(25)18-28(29,30)31)5-4-12-34-24-9-8-21(42(32,39)40)16-26(24)41-2/h3,6-9,15-16,19,34-35H,10-14,17-18H2,2H3,(H2,32,39,40). The molecule has 0 aliphatic carbocycles. The number of likely N-dealkylation sites (tertiary alicyclic amines) is 1. The van der Waals surface area contributed by atoms with E-state index in [2.05, 4.69) is 27.3 Å². The van der Waals surface area contributed by atoms with Gasteiger partial charge >= 0.3 is 12.1 Å². The largest absolute Gasteiger partial charge is 0.495 e. The molecule has 222 valence electrons. The van der Waals surface area contributed by atoms with Crippen LogP contribution in [0.25, 0.3) is 15.7 Å². The normalized spacial score (nSPS) is 14.1. The van der Waals surface area contributed by atoms with Crippen LogP contribution in [0.15, 0.2) is 47.4 Å². The molecule has 1 aliphatic heterocycles. The molecule has 2 aromatic carbocycles. The van der Waals surface area contributed by atoms with Crippen LogP contribution in [0.4, 0.5) is 24.5 Å². The fraction of sp³-hybridized carbons (Fsp3) is 0.357. The van der Waals surface area contributed by atoms with Gasteiger partial charge in [-0.05, 0) is 49.1 Å². The lowest BCUT2D eigenvalue weighted by Gasteiger charge is -2.32. The van der Waals surface area contributed by atoms with Crippen LogP contribution in [0.1, 0.15) is 18.5 Å². The fourth-order valence-electron chi connectivity index (χ4n) is 4.79. The van der Waals surface area contributed by atoms with Gasteiger partial charge in [-0.1, -0.05) is 12.0 Å². The van der Waals surface area contributed by atoms with Crippen molar-refractivity contribution in [2.24, 2.45) is 5.14 Å². The van der Waals surface area contributed by atoms with E-state index in [-0.39, 0.29) is 41.4 Å². The van der Waals surface area contributed by atoms with Gasteiger partial charge < -0.3 is 29.7 Å². The van der Waals surface area contributed by atoms with Crippen molar-refractivity contribution in [3.8, 4) is 17.6 Å². The zero-order chi connectivity index (χ0) is 30.5. The minimum atomic E-state index is -4.48. The summed E-state index contributed by atoms with van der Waals surface area (Å²) in [5.74, 6) is 5.67.